The molecule has 0 spiro atoms. The van der Waals surface area contributed by atoms with Crippen LogP contribution in [-0.4, -0.2) is 29.4 Å². The first-order valence-electron chi connectivity index (χ1n) is 9.00. The first kappa shape index (κ1) is 19.3. The summed E-state index contributed by atoms with van der Waals surface area (Å²) in [6.45, 7) is 9.15. The standard InChI is InChI=1S/C20H24N6O2/c1-15-11-17(3)24(21-15)13-23(14-25-18(4)12-16(2)22-25)10-9-19-5-7-20(8-6-19)26(27)28/h5-12H,13-14H2,1-4H3/b10-9+. The molecule has 0 aliphatic rings. The molecule has 1 aromatic carbocycles. The summed E-state index contributed by atoms with van der Waals surface area (Å²) in [5, 5.41) is 19.9. The number of hydrogen-bond donors (Lipinski definition) is 0. The van der Waals surface area contributed by atoms with Crippen LogP contribution in [0.5, 0.6) is 0 Å². The lowest BCUT2D eigenvalue weighted by Crippen LogP contribution is -2.26. The van der Waals surface area contributed by atoms with Crippen LogP contribution in [0.15, 0.2) is 42.6 Å². The Hall–Kier alpha value is -3.42. The molecule has 0 fully saturated rings. The summed E-state index contributed by atoms with van der Waals surface area (Å²) in [5.74, 6) is 0. The Balaban J connectivity index is 1.83. The lowest BCUT2D eigenvalue weighted by atomic mass is 10.2. The first-order valence-corrected chi connectivity index (χ1v) is 9.00. The fourth-order valence-electron chi connectivity index (χ4n) is 3.02. The summed E-state index contributed by atoms with van der Waals surface area (Å²) in [6, 6.07) is 10.6. The van der Waals surface area contributed by atoms with Crippen molar-refractivity contribution in [1.82, 2.24) is 24.5 Å². The number of nitro benzene ring substituents is 1. The maximum absolute atomic E-state index is 10.8. The minimum Gasteiger partial charge on any atom is -0.339 e. The maximum atomic E-state index is 10.8. The molecule has 0 unspecified atom stereocenters. The zero-order valence-electron chi connectivity index (χ0n) is 16.5. The number of aryl methyl sites for hydroxylation is 4. The molecule has 3 aromatic rings. The monoisotopic (exact) mass is 380 g/mol. The van der Waals surface area contributed by atoms with Crippen LogP contribution in [0.4, 0.5) is 5.69 Å². The van der Waals surface area contributed by atoms with Gasteiger partial charge in [-0.2, -0.15) is 10.2 Å². The molecule has 0 amide bonds. The highest BCUT2D eigenvalue weighted by atomic mass is 16.6. The molecule has 8 heteroatoms. The molecule has 2 aromatic heterocycles. The highest BCUT2D eigenvalue weighted by Crippen LogP contribution is 2.14. The van der Waals surface area contributed by atoms with Gasteiger partial charge < -0.3 is 4.90 Å². The van der Waals surface area contributed by atoms with Crippen LogP contribution < -0.4 is 0 Å². The van der Waals surface area contributed by atoms with E-state index < -0.39 is 4.92 Å². The number of hydrogen-bond acceptors (Lipinski definition) is 5. The van der Waals surface area contributed by atoms with Crippen molar-refractivity contribution in [2.75, 3.05) is 0 Å². The van der Waals surface area contributed by atoms with Gasteiger partial charge in [0, 0.05) is 29.7 Å². The van der Waals surface area contributed by atoms with E-state index >= 15 is 0 Å². The third-order valence-electron chi connectivity index (χ3n) is 4.42. The van der Waals surface area contributed by atoms with Crippen molar-refractivity contribution in [1.29, 1.82) is 0 Å². The van der Waals surface area contributed by atoms with Crippen LogP contribution in [0.2, 0.25) is 0 Å². The Morgan fingerprint density at radius 1 is 0.964 bits per heavy atom. The van der Waals surface area contributed by atoms with Crippen LogP contribution in [0.1, 0.15) is 28.3 Å². The van der Waals surface area contributed by atoms with Crippen LogP contribution in [0.25, 0.3) is 6.08 Å². The first-order chi connectivity index (χ1) is 13.3. The second kappa shape index (κ2) is 8.08. The highest BCUT2D eigenvalue weighted by molar-refractivity contribution is 5.51. The zero-order valence-corrected chi connectivity index (χ0v) is 16.5. The van der Waals surface area contributed by atoms with Crippen LogP contribution in [0, 0.1) is 37.8 Å². The number of non-ortho nitro benzene ring substituents is 1. The SMILES string of the molecule is Cc1cc(C)n(CN(/C=C/c2ccc([N+](=O)[O-])cc2)Cn2nc(C)cc2C)n1. The fraction of sp³-hybridized carbons (Fsp3) is 0.300. The maximum Gasteiger partial charge on any atom is 0.269 e. The number of aromatic nitrogens is 4. The lowest BCUT2D eigenvalue weighted by Gasteiger charge is -2.22. The van der Waals surface area contributed by atoms with E-state index in [1.165, 1.54) is 12.1 Å². The molecular formula is C20H24N6O2. The van der Waals surface area contributed by atoms with Crippen LogP contribution in [0.3, 0.4) is 0 Å². The van der Waals surface area contributed by atoms with Crippen molar-refractivity contribution in [3.8, 4) is 0 Å². The Morgan fingerprint density at radius 2 is 1.46 bits per heavy atom. The molecule has 0 saturated heterocycles. The molecule has 0 aliphatic carbocycles. The molecule has 28 heavy (non-hydrogen) atoms. The minimum absolute atomic E-state index is 0.0827. The van der Waals surface area contributed by atoms with Gasteiger partial charge in [0.15, 0.2) is 0 Å². The molecular weight excluding hydrogens is 356 g/mol. The van der Waals surface area contributed by atoms with E-state index in [2.05, 4.69) is 15.1 Å². The quantitative estimate of drug-likeness (QED) is 0.460. The van der Waals surface area contributed by atoms with Crippen molar-refractivity contribution in [3.63, 3.8) is 0 Å². The number of rotatable bonds is 7. The Kier molecular flexibility index (Phi) is 5.58. The van der Waals surface area contributed by atoms with E-state index in [0.717, 1.165) is 28.3 Å². The summed E-state index contributed by atoms with van der Waals surface area (Å²) in [6.07, 6.45) is 3.90. The highest BCUT2D eigenvalue weighted by Gasteiger charge is 2.09. The molecule has 146 valence electrons. The minimum atomic E-state index is -0.397. The Bertz CT molecular complexity index is 952. The van der Waals surface area contributed by atoms with E-state index in [0.29, 0.717) is 13.3 Å². The molecule has 2 heterocycles. The van der Waals surface area contributed by atoms with Gasteiger partial charge in [0.05, 0.1) is 16.3 Å². The summed E-state index contributed by atoms with van der Waals surface area (Å²) in [7, 11) is 0. The molecule has 3 rings (SSSR count). The largest absolute Gasteiger partial charge is 0.339 e. The molecule has 0 aliphatic heterocycles. The van der Waals surface area contributed by atoms with E-state index in [-0.39, 0.29) is 5.69 Å². The molecule has 0 atom stereocenters. The van der Waals surface area contributed by atoms with Crippen molar-refractivity contribution >= 4 is 11.8 Å². The second-order valence-corrected chi connectivity index (χ2v) is 6.89. The van der Waals surface area contributed by atoms with Crippen molar-refractivity contribution in [2.24, 2.45) is 0 Å². The molecule has 0 N–H and O–H groups in total. The number of nitro groups is 1. The smallest absolute Gasteiger partial charge is 0.269 e. The normalized spacial score (nSPS) is 11.3. The van der Waals surface area contributed by atoms with E-state index in [4.69, 9.17) is 0 Å². The van der Waals surface area contributed by atoms with E-state index in [9.17, 15) is 10.1 Å². The lowest BCUT2D eigenvalue weighted by molar-refractivity contribution is -0.384. The molecule has 8 nitrogen and oxygen atoms in total. The molecule has 0 saturated carbocycles. The van der Waals surface area contributed by atoms with Gasteiger partial charge in [-0.05, 0) is 63.6 Å². The average molecular weight is 380 g/mol. The van der Waals surface area contributed by atoms with Gasteiger partial charge >= 0.3 is 0 Å². The van der Waals surface area contributed by atoms with Gasteiger partial charge in [-0.25, -0.2) is 9.36 Å². The summed E-state index contributed by atoms with van der Waals surface area (Å²) in [4.78, 5) is 12.5. The van der Waals surface area contributed by atoms with Gasteiger partial charge in [-0.1, -0.05) is 0 Å². The molecule has 0 radical (unpaired) electrons. The number of nitrogens with zero attached hydrogens (tertiary/aromatic N) is 6. The van der Waals surface area contributed by atoms with Gasteiger partial charge in [0.2, 0.25) is 0 Å². The van der Waals surface area contributed by atoms with Crippen molar-refractivity contribution in [3.05, 3.63) is 81.1 Å². The zero-order chi connectivity index (χ0) is 20.3. The summed E-state index contributed by atoms with van der Waals surface area (Å²) in [5.41, 5.74) is 5.08. The van der Waals surface area contributed by atoms with E-state index in [1.807, 2.05) is 61.5 Å². The third-order valence-corrected chi connectivity index (χ3v) is 4.42. The van der Waals surface area contributed by atoms with Crippen LogP contribution in [-0.2, 0) is 13.3 Å². The van der Waals surface area contributed by atoms with Crippen molar-refractivity contribution < 1.29 is 4.92 Å². The Morgan fingerprint density at radius 3 is 1.86 bits per heavy atom. The predicted octanol–water partition coefficient (Wildman–Crippen LogP) is 3.81. The second-order valence-electron chi connectivity index (χ2n) is 6.89. The average Bonchev–Trinajstić information content (AvgIpc) is 3.12. The van der Waals surface area contributed by atoms with Gasteiger partial charge in [-0.3, -0.25) is 10.1 Å². The van der Waals surface area contributed by atoms with E-state index in [1.54, 1.807) is 12.1 Å². The Labute approximate surface area is 163 Å². The third kappa shape index (κ3) is 4.64. The van der Waals surface area contributed by atoms with Crippen LogP contribution >= 0.6 is 0 Å². The predicted molar refractivity (Wildman–Crippen MR) is 107 cm³/mol. The summed E-state index contributed by atoms with van der Waals surface area (Å²) < 4.78 is 3.89. The van der Waals surface area contributed by atoms with Gasteiger partial charge in [0.1, 0.15) is 13.3 Å². The summed E-state index contributed by atoms with van der Waals surface area (Å²) >= 11 is 0. The van der Waals surface area contributed by atoms with Crippen molar-refractivity contribution in [2.45, 2.75) is 41.0 Å². The topological polar surface area (TPSA) is 82.0 Å². The van der Waals surface area contributed by atoms with Gasteiger partial charge in [0.25, 0.3) is 5.69 Å². The van der Waals surface area contributed by atoms with Gasteiger partial charge in [-0.15, -0.1) is 0 Å². The fourth-order valence-corrected chi connectivity index (χ4v) is 3.02. The molecule has 0 bridgehead atoms. The number of benzene rings is 1.